The minimum atomic E-state index is 1.21. The summed E-state index contributed by atoms with van der Waals surface area (Å²) in [6.45, 7) is 0. The van der Waals surface area contributed by atoms with E-state index in [1.165, 1.54) is 80.1 Å². The Bertz CT molecular complexity index is 2240. The fourth-order valence-electron chi connectivity index (χ4n) is 6.20. The molecule has 9 rings (SSSR count). The van der Waals surface area contributed by atoms with Gasteiger partial charge in [-0.3, -0.25) is 0 Å². The number of rotatable bonds is 0. The summed E-state index contributed by atoms with van der Waals surface area (Å²) in [5.74, 6) is 0. The average molecular weight is 437 g/mol. The Balaban J connectivity index is 1.84. The van der Waals surface area contributed by atoms with Crippen LogP contribution in [-0.2, 0) is 0 Å². The maximum atomic E-state index is 3.76. The Morgan fingerprint density at radius 2 is 1.24 bits per heavy atom. The van der Waals surface area contributed by atoms with E-state index in [9.17, 15) is 0 Å². The second-order valence-electron chi connectivity index (χ2n) is 9.03. The van der Waals surface area contributed by atoms with Crippen molar-refractivity contribution in [3.8, 4) is 0 Å². The van der Waals surface area contributed by atoms with Crippen molar-refractivity contribution in [1.82, 2.24) is 9.38 Å². The van der Waals surface area contributed by atoms with Crippen molar-refractivity contribution >= 4 is 91.4 Å². The van der Waals surface area contributed by atoms with E-state index < -0.39 is 0 Å². The van der Waals surface area contributed by atoms with Crippen LogP contribution >= 0.6 is 11.3 Å². The normalized spacial score (nSPS) is 12.8. The Morgan fingerprint density at radius 3 is 2.18 bits per heavy atom. The van der Waals surface area contributed by atoms with Gasteiger partial charge in [0.1, 0.15) is 0 Å². The molecule has 0 atom stereocenters. The smallest absolute Gasteiger partial charge is 0.0655 e. The number of nitrogens with zero attached hydrogens (tertiary/aromatic N) is 1. The van der Waals surface area contributed by atoms with Crippen LogP contribution in [0.2, 0.25) is 0 Å². The average Bonchev–Trinajstić information content (AvgIpc) is 3.49. The van der Waals surface area contributed by atoms with Crippen molar-refractivity contribution in [2.45, 2.75) is 0 Å². The number of nitrogens with one attached hydrogen (secondary N) is 1. The largest absolute Gasteiger partial charge is 0.354 e. The van der Waals surface area contributed by atoms with Crippen LogP contribution in [0.25, 0.3) is 80.1 Å². The van der Waals surface area contributed by atoms with Crippen LogP contribution in [0.15, 0.2) is 91.0 Å². The zero-order chi connectivity index (χ0) is 21.3. The minimum Gasteiger partial charge on any atom is -0.354 e. The summed E-state index contributed by atoms with van der Waals surface area (Å²) < 4.78 is 5.22. The van der Waals surface area contributed by atoms with Gasteiger partial charge in [0, 0.05) is 52.6 Å². The third-order valence-corrected chi connectivity index (χ3v) is 8.55. The molecule has 0 saturated heterocycles. The van der Waals surface area contributed by atoms with Gasteiger partial charge in [0.15, 0.2) is 0 Å². The molecule has 3 heteroatoms. The van der Waals surface area contributed by atoms with E-state index in [2.05, 4.69) is 100 Å². The van der Waals surface area contributed by atoms with E-state index >= 15 is 0 Å². The first-order valence-electron chi connectivity index (χ1n) is 11.3. The number of thiophene rings is 1. The van der Waals surface area contributed by atoms with E-state index in [1.54, 1.807) is 0 Å². The molecule has 152 valence electrons. The Morgan fingerprint density at radius 1 is 0.515 bits per heavy atom. The highest BCUT2D eigenvalue weighted by atomic mass is 32.1. The molecule has 0 radical (unpaired) electrons. The lowest BCUT2D eigenvalue weighted by atomic mass is 10.0. The van der Waals surface area contributed by atoms with Gasteiger partial charge in [-0.1, -0.05) is 66.7 Å². The summed E-state index contributed by atoms with van der Waals surface area (Å²) in [7, 11) is 0. The highest BCUT2D eigenvalue weighted by Gasteiger charge is 2.22. The van der Waals surface area contributed by atoms with Gasteiger partial charge in [-0.25, -0.2) is 0 Å². The van der Waals surface area contributed by atoms with Crippen LogP contribution in [0.3, 0.4) is 0 Å². The molecule has 0 bridgehead atoms. The highest BCUT2D eigenvalue weighted by molar-refractivity contribution is 7.26. The number of hydrogen-bond acceptors (Lipinski definition) is 1. The summed E-state index contributed by atoms with van der Waals surface area (Å²) in [6, 6.07) is 33.5. The molecule has 4 heterocycles. The predicted molar refractivity (Wildman–Crippen MR) is 143 cm³/mol. The molecule has 1 N–H and O–H groups in total. The zero-order valence-corrected chi connectivity index (χ0v) is 18.3. The first kappa shape index (κ1) is 16.5. The fourth-order valence-corrected chi connectivity index (χ4v) is 7.35. The standard InChI is InChI=1S/C30H16N2S/c1-3-13-23-16(7-1)18-10-5-11-19-17-9-6-12-21-26(17)28-22(31-21)15-25-27(30(28)32(23)29(18)19)20-8-2-4-14-24(20)33-25/h1-15,31H. The Kier molecular flexibility index (Phi) is 2.73. The molecule has 0 amide bonds. The summed E-state index contributed by atoms with van der Waals surface area (Å²) in [4.78, 5) is 3.76. The molecule has 0 saturated carbocycles. The van der Waals surface area contributed by atoms with E-state index in [1.807, 2.05) is 11.3 Å². The van der Waals surface area contributed by atoms with Gasteiger partial charge in [0.25, 0.3) is 0 Å². The molecule has 0 aliphatic carbocycles. The van der Waals surface area contributed by atoms with E-state index in [0.29, 0.717) is 0 Å². The molecule has 2 nitrogen and oxygen atoms in total. The van der Waals surface area contributed by atoms with Crippen molar-refractivity contribution in [2.24, 2.45) is 0 Å². The van der Waals surface area contributed by atoms with Crippen molar-refractivity contribution < 1.29 is 0 Å². The first-order chi connectivity index (χ1) is 16.4. The van der Waals surface area contributed by atoms with E-state index in [4.69, 9.17) is 0 Å². The number of aromatic nitrogens is 2. The molecule has 0 aliphatic heterocycles. The number of para-hydroxylation sites is 2. The summed E-state index contributed by atoms with van der Waals surface area (Å²) in [5, 5.41) is 10.6. The molecule has 0 spiro atoms. The number of aromatic amines is 1. The van der Waals surface area contributed by atoms with Crippen LogP contribution in [0, 0.1) is 0 Å². The lowest BCUT2D eigenvalue weighted by Crippen LogP contribution is -1.86. The predicted octanol–water partition coefficient (Wildman–Crippen LogP) is 8.84. The van der Waals surface area contributed by atoms with Crippen molar-refractivity contribution in [1.29, 1.82) is 0 Å². The SMILES string of the molecule is c1ccc2c(c1)sc1cc3[nH]c4cccc5c6cccc7c8ccccc8n(c67)c(c12)c3c45. The summed E-state index contributed by atoms with van der Waals surface area (Å²) in [5.41, 5.74) is 6.32. The van der Waals surface area contributed by atoms with Gasteiger partial charge in [0.05, 0.1) is 22.1 Å². The molecule has 9 aromatic rings. The zero-order valence-electron chi connectivity index (χ0n) is 17.5. The lowest BCUT2D eigenvalue weighted by molar-refractivity contribution is 1.37. The molecule has 0 fully saturated rings. The second kappa shape index (κ2) is 5.45. The molecular weight excluding hydrogens is 420 g/mol. The maximum absolute atomic E-state index is 3.76. The first-order valence-corrected chi connectivity index (χ1v) is 12.1. The van der Waals surface area contributed by atoms with Crippen molar-refractivity contribution in [2.75, 3.05) is 0 Å². The number of H-pyrrole nitrogens is 1. The number of fused-ring (bicyclic) bond motifs is 9. The monoisotopic (exact) mass is 436 g/mol. The van der Waals surface area contributed by atoms with Crippen LogP contribution in [0.5, 0.6) is 0 Å². The molecule has 0 unspecified atom stereocenters. The maximum Gasteiger partial charge on any atom is 0.0655 e. The Hall–Kier alpha value is -4.08. The van der Waals surface area contributed by atoms with Gasteiger partial charge in [-0.05, 0) is 29.7 Å². The van der Waals surface area contributed by atoms with E-state index in [-0.39, 0.29) is 0 Å². The van der Waals surface area contributed by atoms with Gasteiger partial charge >= 0.3 is 0 Å². The van der Waals surface area contributed by atoms with Gasteiger partial charge < -0.3 is 9.38 Å². The highest BCUT2D eigenvalue weighted by Crippen LogP contribution is 2.47. The molecule has 0 aliphatic rings. The number of hydrogen-bond donors (Lipinski definition) is 1. The topological polar surface area (TPSA) is 20.2 Å². The van der Waals surface area contributed by atoms with Gasteiger partial charge in [-0.15, -0.1) is 11.3 Å². The number of benzene rings is 5. The second-order valence-corrected chi connectivity index (χ2v) is 10.1. The van der Waals surface area contributed by atoms with E-state index in [0.717, 1.165) is 0 Å². The summed E-state index contributed by atoms with van der Waals surface area (Å²) >= 11 is 1.89. The fraction of sp³-hybridized carbons (Fsp3) is 0. The molecule has 33 heavy (non-hydrogen) atoms. The van der Waals surface area contributed by atoms with Crippen LogP contribution in [0.1, 0.15) is 0 Å². The van der Waals surface area contributed by atoms with Gasteiger partial charge in [0.2, 0.25) is 0 Å². The van der Waals surface area contributed by atoms with Crippen molar-refractivity contribution in [3.05, 3.63) is 91.0 Å². The van der Waals surface area contributed by atoms with Gasteiger partial charge in [-0.2, -0.15) is 0 Å². The molecular formula is C30H16N2S. The quantitative estimate of drug-likeness (QED) is 0.245. The lowest BCUT2D eigenvalue weighted by Gasteiger charge is -2.05. The molecule has 4 aromatic heterocycles. The van der Waals surface area contributed by atoms with Crippen LogP contribution in [-0.4, -0.2) is 9.38 Å². The third kappa shape index (κ3) is 1.81. The van der Waals surface area contributed by atoms with Crippen LogP contribution in [0.4, 0.5) is 0 Å². The summed E-state index contributed by atoms with van der Waals surface area (Å²) in [6.07, 6.45) is 0. The molecule has 5 aromatic carbocycles. The third-order valence-electron chi connectivity index (χ3n) is 7.43. The Labute approximate surface area is 191 Å². The van der Waals surface area contributed by atoms with Crippen molar-refractivity contribution in [3.63, 3.8) is 0 Å². The minimum absolute atomic E-state index is 1.21. The van der Waals surface area contributed by atoms with Crippen LogP contribution < -0.4 is 0 Å².